The van der Waals surface area contributed by atoms with Crippen LogP contribution in [0.2, 0.25) is 0 Å². The summed E-state index contributed by atoms with van der Waals surface area (Å²) in [5.74, 6) is 1.22. The molecule has 3 nitrogen and oxygen atoms in total. The molecule has 0 bridgehead atoms. The third-order valence-electron chi connectivity index (χ3n) is 3.19. The largest absolute Gasteiger partial charge is 0.320 e. The zero-order valence-corrected chi connectivity index (χ0v) is 11.5. The van der Waals surface area contributed by atoms with Crippen molar-refractivity contribution in [2.75, 3.05) is 0 Å². The number of rotatable bonds is 3. The zero-order chi connectivity index (χ0) is 13.3. The molecule has 0 amide bonds. The lowest BCUT2D eigenvalue weighted by Gasteiger charge is -2.18. The number of hydrogen-bond donors (Lipinski definition) is 0. The van der Waals surface area contributed by atoms with Crippen molar-refractivity contribution >= 4 is 16.8 Å². The van der Waals surface area contributed by atoms with Gasteiger partial charge in [-0.2, -0.15) is 0 Å². The number of hydrogen-bond acceptors (Lipinski definition) is 2. The first kappa shape index (κ1) is 12.8. The summed E-state index contributed by atoms with van der Waals surface area (Å²) < 4.78 is 2.04. The highest BCUT2D eigenvalue weighted by Crippen LogP contribution is 2.20. The fourth-order valence-corrected chi connectivity index (χ4v) is 1.95. The smallest absolute Gasteiger partial charge is 0.157 e. The summed E-state index contributed by atoms with van der Waals surface area (Å²) in [6.45, 7) is 8.35. The van der Waals surface area contributed by atoms with Crippen LogP contribution in [0.5, 0.6) is 0 Å². The molecule has 1 aromatic heterocycles. The van der Waals surface area contributed by atoms with E-state index in [2.05, 4.69) is 11.9 Å². The van der Waals surface area contributed by atoms with E-state index >= 15 is 0 Å². The van der Waals surface area contributed by atoms with Crippen LogP contribution >= 0.6 is 0 Å². The molecular formula is C15H20N2O. The van der Waals surface area contributed by atoms with Gasteiger partial charge in [0, 0.05) is 11.8 Å². The van der Waals surface area contributed by atoms with E-state index in [0.29, 0.717) is 6.54 Å². The molecule has 0 radical (unpaired) electrons. The lowest BCUT2D eigenvalue weighted by atomic mass is 9.91. The number of carbonyl (C=O) groups excluding carboxylic acids is 1. The SMILES string of the molecule is CCc1nc2ccccc2n1CC(=O)C(C)(C)C. The lowest BCUT2D eigenvalue weighted by molar-refractivity contribution is -0.126. The normalized spacial score (nSPS) is 12.0. The summed E-state index contributed by atoms with van der Waals surface area (Å²) in [6.07, 6.45) is 0.839. The van der Waals surface area contributed by atoms with Crippen LogP contribution in [0.25, 0.3) is 11.0 Å². The predicted molar refractivity (Wildman–Crippen MR) is 73.6 cm³/mol. The standard InChI is InChI=1S/C15H20N2O/c1-5-14-16-11-8-6-7-9-12(11)17(14)10-13(18)15(2,3)4/h6-9H,5,10H2,1-4H3. The van der Waals surface area contributed by atoms with Crippen LogP contribution in [0, 0.1) is 5.41 Å². The number of ketones is 1. The summed E-state index contributed by atoms with van der Waals surface area (Å²) in [5.41, 5.74) is 1.71. The van der Waals surface area contributed by atoms with Gasteiger partial charge in [-0.3, -0.25) is 4.79 Å². The number of aromatic nitrogens is 2. The number of fused-ring (bicyclic) bond motifs is 1. The Labute approximate surface area is 108 Å². The van der Waals surface area contributed by atoms with Gasteiger partial charge < -0.3 is 4.57 Å². The third kappa shape index (κ3) is 2.30. The zero-order valence-electron chi connectivity index (χ0n) is 11.5. The minimum atomic E-state index is -0.309. The monoisotopic (exact) mass is 244 g/mol. The van der Waals surface area contributed by atoms with Gasteiger partial charge in [0.1, 0.15) is 5.82 Å². The Morgan fingerprint density at radius 3 is 2.56 bits per heavy atom. The minimum absolute atomic E-state index is 0.236. The molecule has 0 saturated heterocycles. The first-order chi connectivity index (χ1) is 8.43. The molecule has 0 spiro atoms. The molecule has 1 heterocycles. The third-order valence-corrected chi connectivity index (χ3v) is 3.19. The van der Waals surface area contributed by atoms with Crippen LogP contribution in [0.1, 0.15) is 33.5 Å². The van der Waals surface area contributed by atoms with Gasteiger partial charge in [0.2, 0.25) is 0 Å². The predicted octanol–water partition coefficient (Wildman–Crippen LogP) is 3.21. The summed E-state index contributed by atoms with van der Waals surface area (Å²) in [7, 11) is 0. The Morgan fingerprint density at radius 2 is 1.94 bits per heavy atom. The fraction of sp³-hybridized carbons (Fsp3) is 0.467. The molecule has 3 heteroatoms. The van der Waals surface area contributed by atoms with Crippen LogP contribution in [0.4, 0.5) is 0 Å². The number of Topliss-reactive ketones (excluding diaryl/α,β-unsaturated/α-hetero) is 1. The average molecular weight is 244 g/mol. The van der Waals surface area contributed by atoms with Crippen molar-refractivity contribution < 1.29 is 4.79 Å². The molecule has 0 saturated carbocycles. The van der Waals surface area contributed by atoms with Crippen LogP contribution in [0.3, 0.4) is 0 Å². The van der Waals surface area contributed by atoms with Crippen molar-refractivity contribution in [1.29, 1.82) is 0 Å². The van der Waals surface area contributed by atoms with Crippen molar-refractivity contribution in [3.8, 4) is 0 Å². The lowest BCUT2D eigenvalue weighted by Crippen LogP contribution is -2.25. The summed E-state index contributed by atoms with van der Waals surface area (Å²) >= 11 is 0. The Balaban J connectivity index is 2.46. The second-order valence-corrected chi connectivity index (χ2v) is 5.63. The van der Waals surface area contributed by atoms with Crippen LogP contribution in [0.15, 0.2) is 24.3 Å². The number of imidazole rings is 1. The van der Waals surface area contributed by atoms with E-state index in [9.17, 15) is 4.79 Å². The van der Waals surface area contributed by atoms with Crippen LogP contribution < -0.4 is 0 Å². The highest BCUT2D eigenvalue weighted by atomic mass is 16.1. The van der Waals surface area contributed by atoms with Gasteiger partial charge in [-0.1, -0.05) is 39.8 Å². The van der Waals surface area contributed by atoms with Crippen molar-refractivity contribution in [3.63, 3.8) is 0 Å². The molecule has 0 aliphatic carbocycles. The second kappa shape index (κ2) is 4.56. The molecule has 2 aromatic rings. The summed E-state index contributed by atoms with van der Waals surface area (Å²) in [5, 5.41) is 0. The summed E-state index contributed by atoms with van der Waals surface area (Å²) in [4.78, 5) is 16.8. The van der Waals surface area contributed by atoms with Gasteiger partial charge in [0.05, 0.1) is 17.6 Å². The molecular weight excluding hydrogens is 224 g/mol. The van der Waals surface area contributed by atoms with E-state index in [1.54, 1.807) is 0 Å². The van der Waals surface area contributed by atoms with E-state index in [1.807, 2.05) is 49.6 Å². The molecule has 96 valence electrons. The van der Waals surface area contributed by atoms with E-state index in [1.165, 1.54) is 0 Å². The number of benzene rings is 1. The van der Waals surface area contributed by atoms with Gasteiger partial charge >= 0.3 is 0 Å². The van der Waals surface area contributed by atoms with Crippen LogP contribution in [-0.2, 0) is 17.8 Å². The molecule has 2 rings (SSSR count). The average Bonchev–Trinajstić information content (AvgIpc) is 2.66. The number of aryl methyl sites for hydroxylation is 1. The van der Waals surface area contributed by atoms with Gasteiger partial charge in [0.25, 0.3) is 0 Å². The molecule has 1 aromatic carbocycles. The van der Waals surface area contributed by atoms with E-state index in [4.69, 9.17) is 0 Å². The second-order valence-electron chi connectivity index (χ2n) is 5.63. The molecule has 0 aliphatic rings. The highest BCUT2D eigenvalue weighted by Gasteiger charge is 2.23. The first-order valence-electron chi connectivity index (χ1n) is 6.41. The number of nitrogens with zero attached hydrogens (tertiary/aromatic N) is 2. The Bertz CT molecular complexity index is 576. The minimum Gasteiger partial charge on any atom is -0.320 e. The molecule has 18 heavy (non-hydrogen) atoms. The van der Waals surface area contributed by atoms with E-state index in [-0.39, 0.29) is 11.2 Å². The number of para-hydroxylation sites is 2. The topological polar surface area (TPSA) is 34.9 Å². The van der Waals surface area contributed by atoms with Crippen molar-refractivity contribution in [2.24, 2.45) is 5.41 Å². The fourth-order valence-electron chi connectivity index (χ4n) is 1.95. The van der Waals surface area contributed by atoms with E-state index in [0.717, 1.165) is 23.3 Å². The van der Waals surface area contributed by atoms with E-state index < -0.39 is 0 Å². The Morgan fingerprint density at radius 1 is 1.28 bits per heavy atom. The maximum atomic E-state index is 12.2. The van der Waals surface area contributed by atoms with Gasteiger partial charge in [-0.05, 0) is 12.1 Å². The van der Waals surface area contributed by atoms with Gasteiger partial charge in [-0.25, -0.2) is 4.98 Å². The number of carbonyl (C=O) groups is 1. The van der Waals surface area contributed by atoms with Gasteiger partial charge in [0.15, 0.2) is 5.78 Å². The van der Waals surface area contributed by atoms with Gasteiger partial charge in [-0.15, -0.1) is 0 Å². The van der Waals surface area contributed by atoms with Crippen molar-refractivity contribution in [2.45, 2.75) is 40.7 Å². The Kier molecular flexibility index (Phi) is 3.24. The quantitative estimate of drug-likeness (QED) is 0.831. The van der Waals surface area contributed by atoms with Crippen LogP contribution in [-0.4, -0.2) is 15.3 Å². The molecule has 0 unspecified atom stereocenters. The van der Waals surface area contributed by atoms with Crippen molar-refractivity contribution in [1.82, 2.24) is 9.55 Å². The Hall–Kier alpha value is -1.64. The molecule has 0 aliphatic heterocycles. The molecule has 0 atom stereocenters. The first-order valence-corrected chi connectivity index (χ1v) is 6.41. The maximum Gasteiger partial charge on any atom is 0.157 e. The maximum absolute atomic E-state index is 12.2. The molecule has 0 N–H and O–H groups in total. The summed E-state index contributed by atoms with van der Waals surface area (Å²) in [6, 6.07) is 7.98. The molecule has 0 fully saturated rings. The van der Waals surface area contributed by atoms with Crippen molar-refractivity contribution in [3.05, 3.63) is 30.1 Å². The highest BCUT2D eigenvalue weighted by molar-refractivity contribution is 5.85.